The Hall–Kier alpha value is -2.49. The third-order valence-corrected chi connectivity index (χ3v) is 3.04. The van der Waals surface area contributed by atoms with Gasteiger partial charge in [0.15, 0.2) is 11.4 Å². The monoisotopic (exact) mass is 345 g/mol. The highest BCUT2D eigenvalue weighted by Gasteiger charge is 2.42. The van der Waals surface area contributed by atoms with Gasteiger partial charge in [0.05, 0.1) is 5.69 Å². The van der Waals surface area contributed by atoms with Crippen molar-refractivity contribution in [3.63, 3.8) is 0 Å². The van der Waals surface area contributed by atoms with Crippen LogP contribution in [0.25, 0.3) is 5.69 Å². The SMILES string of the molecule is CCNCCNC(=O)c1nnn(-c2cccc(F)c2)c1C(F)(F)F. The third-order valence-electron chi connectivity index (χ3n) is 3.04. The van der Waals surface area contributed by atoms with Crippen molar-refractivity contribution < 1.29 is 22.4 Å². The molecule has 0 saturated heterocycles. The van der Waals surface area contributed by atoms with E-state index in [2.05, 4.69) is 20.9 Å². The summed E-state index contributed by atoms with van der Waals surface area (Å²) in [6.45, 7) is 3.06. The molecule has 1 aromatic heterocycles. The van der Waals surface area contributed by atoms with Crippen molar-refractivity contribution in [3.05, 3.63) is 41.5 Å². The molecular formula is C14H15F4N5O. The van der Waals surface area contributed by atoms with Crippen LogP contribution in [0.1, 0.15) is 23.1 Å². The Kier molecular flexibility index (Phi) is 5.50. The van der Waals surface area contributed by atoms with E-state index in [4.69, 9.17) is 0 Å². The molecule has 0 saturated carbocycles. The molecule has 0 aliphatic rings. The highest BCUT2D eigenvalue weighted by molar-refractivity contribution is 5.93. The van der Waals surface area contributed by atoms with Crippen LogP contribution in [0.3, 0.4) is 0 Å². The summed E-state index contributed by atoms with van der Waals surface area (Å²) in [4.78, 5) is 12.0. The topological polar surface area (TPSA) is 71.8 Å². The second-order valence-corrected chi connectivity index (χ2v) is 4.79. The Bertz CT molecular complexity index is 713. The minimum Gasteiger partial charge on any atom is -0.349 e. The molecule has 0 bridgehead atoms. The van der Waals surface area contributed by atoms with Crippen LogP contribution in [0.15, 0.2) is 24.3 Å². The lowest BCUT2D eigenvalue weighted by Gasteiger charge is -2.11. The fourth-order valence-electron chi connectivity index (χ4n) is 2.00. The van der Waals surface area contributed by atoms with E-state index in [1.165, 1.54) is 12.1 Å². The quantitative estimate of drug-likeness (QED) is 0.618. The van der Waals surface area contributed by atoms with Crippen LogP contribution in [0, 0.1) is 5.82 Å². The van der Waals surface area contributed by atoms with Crippen molar-refractivity contribution in [2.24, 2.45) is 0 Å². The van der Waals surface area contributed by atoms with Crippen LogP contribution in [0.5, 0.6) is 0 Å². The van der Waals surface area contributed by atoms with E-state index in [1.54, 1.807) is 0 Å². The van der Waals surface area contributed by atoms with E-state index in [0.717, 1.165) is 12.1 Å². The zero-order valence-electron chi connectivity index (χ0n) is 12.7. The molecular weight excluding hydrogens is 330 g/mol. The Morgan fingerprint density at radius 3 is 2.67 bits per heavy atom. The van der Waals surface area contributed by atoms with Crippen molar-refractivity contribution in [1.29, 1.82) is 0 Å². The summed E-state index contributed by atoms with van der Waals surface area (Å²) in [6, 6.07) is 4.43. The van der Waals surface area contributed by atoms with E-state index in [0.29, 0.717) is 17.8 Å². The van der Waals surface area contributed by atoms with Crippen LogP contribution >= 0.6 is 0 Å². The van der Waals surface area contributed by atoms with Gasteiger partial charge in [0.2, 0.25) is 0 Å². The summed E-state index contributed by atoms with van der Waals surface area (Å²) in [5.41, 5.74) is -2.39. The molecule has 1 aromatic carbocycles. The van der Waals surface area contributed by atoms with Crippen LogP contribution in [0.4, 0.5) is 17.6 Å². The molecule has 6 nitrogen and oxygen atoms in total. The van der Waals surface area contributed by atoms with Gasteiger partial charge >= 0.3 is 6.18 Å². The zero-order chi connectivity index (χ0) is 17.7. The van der Waals surface area contributed by atoms with Crippen molar-refractivity contribution in [1.82, 2.24) is 25.6 Å². The number of nitrogens with one attached hydrogen (secondary N) is 2. The molecule has 24 heavy (non-hydrogen) atoms. The Morgan fingerprint density at radius 2 is 2.04 bits per heavy atom. The van der Waals surface area contributed by atoms with E-state index < -0.39 is 29.3 Å². The standard InChI is InChI=1S/C14H15F4N5O/c1-2-19-6-7-20-13(24)11-12(14(16,17)18)23(22-21-11)10-5-3-4-9(15)8-10/h3-5,8,19H,2,6-7H2,1H3,(H,20,24). The lowest BCUT2D eigenvalue weighted by molar-refractivity contribution is -0.143. The molecule has 0 aliphatic carbocycles. The fraction of sp³-hybridized carbons (Fsp3) is 0.357. The van der Waals surface area contributed by atoms with E-state index in [-0.39, 0.29) is 12.2 Å². The van der Waals surface area contributed by atoms with Gasteiger partial charge in [0, 0.05) is 13.1 Å². The van der Waals surface area contributed by atoms with Gasteiger partial charge in [0.1, 0.15) is 5.82 Å². The zero-order valence-corrected chi connectivity index (χ0v) is 12.7. The first kappa shape index (κ1) is 17.9. The largest absolute Gasteiger partial charge is 0.435 e. The van der Waals surface area contributed by atoms with Gasteiger partial charge in [-0.25, -0.2) is 9.07 Å². The number of alkyl halides is 3. The van der Waals surface area contributed by atoms with Gasteiger partial charge in [-0.15, -0.1) is 5.10 Å². The second kappa shape index (κ2) is 7.39. The molecule has 1 heterocycles. The molecule has 0 radical (unpaired) electrons. The number of likely N-dealkylation sites (N-methyl/N-ethyl adjacent to an activating group) is 1. The number of amides is 1. The average Bonchev–Trinajstić information content (AvgIpc) is 2.96. The van der Waals surface area contributed by atoms with Crippen LogP contribution in [-0.2, 0) is 6.18 Å². The van der Waals surface area contributed by atoms with Crippen LogP contribution in [0.2, 0.25) is 0 Å². The molecule has 0 atom stereocenters. The maximum absolute atomic E-state index is 13.3. The second-order valence-electron chi connectivity index (χ2n) is 4.79. The summed E-state index contributed by atoms with van der Waals surface area (Å²) in [5.74, 6) is -1.73. The molecule has 130 valence electrons. The highest BCUT2D eigenvalue weighted by Crippen LogP contribution is 2.32. The van der Waals surface area contributed by atoms with Gasteiger partial charge in [0.25, 0.3) is 5.91 Å². The van der Waals surface area contributed by atoms with E-state index in [9.17, 15) is 22.4 Å². The number of carbonyl (C=O) groups excluding carboxylic acids is 1. The van der Waals surface area contributed by atoms with Gasteiger partial charge in [-0.2, -0.15) is 13.2 Å². The average molecular weight is 345 g/mol. The first-order chi connectivity index (χ1) is 11.3. The number of rotatable bonds is 6. The molecule has 0 aliphatic heterocycles. The van der Waals surface area contributed by atoms with E-state index >= 15 is 0 Å². The molecule has 2 aromatic rings. The van der Waals surface area contributed by atoms with Gasteiger partial charge < -0.3 is 10.6 Å². The molecule has 2 N–H and O–H groups in total. The Labute approximate surface area is 134 Å². The normalized spacial score (nSPS) is 11.5. The molecule has 10 heteroatoms. The molecule has 2 rings (SSSR count). The van der Waals surface area contributed by atoms with Gasteiger partial charge in [-0.05, 0) is 24.7 Å². The Balaban J connectivity index is 2.35. The van der Waals surface area contributed by atoms with Gasteiger partial charge in [-0.3, -0.25) is 4.79 Å². The first-order valence-electron chi connectivity index (χ1n) is 7.12. The summed E-state index contributed by atoms with van der Waals surface area (Å²) in [7, 11) is 0. The minimum absolute atomic E-state index is 0.136. The summed E-state index contributed by atoms with van der Waals surface area (Å²) < 4.78 is 53.7. The molecule has 0 fully saturated rings. The maximum Gasteiger partial charge on any atom is 0.435 e. The number of carbonyl (C=O) groups is 1. The minimum atomic E-state index is -4.88. The lowest BCUT2D eigenvalue weighted by Crippen LogP contribution is -2.33. The number of hydrogen-bond acceptors (Lipinski definition) is 4. The Morgan fingerprint density at radius 1 is 1.29 bits per heavy atom. The number of halogens is 4. The number of nitrogens with zero attached hydrogens (tertiary/aromatic N) is 3. The first-order valence-corrected chi connectivity index (χ1v) is 7.12. The van der Waals surface area contributed by atoms with E-state index in [1.807, 2.05) is 6.92 Å². The maximum atomic E-state index is 13.3. The van der Waals surface area contributed by atoms with Crippen molar-refractivity contribution >= 4 is 5.91 Å². The van der Waals surface area contributed by atoms with Crippen molar-refractivity contribution in [2.75, 3.05) is 19.6 Å². The van der Waals surface area contributed by atoms with Crippen LogP contribution < -0.4 is 10.6 Å². The molecule has 0 spiro atoms. The predicted octanol–water partition coefficient (Wildman–Crippen LogP) is 1.76. The number of aromatic nitrogens is 3. The summed E-state index contributed by atoms with van der Waals surface area (Å²) in [5, 5.41) is 11.9. The predicted molar refractivity (Wildman–Crippen MR) is 77.2 cm³/mol. The van der Waals surface area contributed by atoms with Gasteiger partial charge in [-0.1, -0.05) is 18.2 Å². The fourth-order valence-corrected chi connectivity index (χ4v) is 2.00. The van der Waals surface area contributed by atoms with Crippen molar-refractivity contribution in [2.45, 2.75) is 13.1 Å². The van der Waals surface area contributed by atoms with Crippen LogP contribution in [-0.4, -0.2) is 40.5 Å². The molecule has 1 amide bonds. The molecule has 0 unspecified atom stereocenters. The lowest BCUT2D eigenvalue weighted by atomic mass is 10.2. The highest BCUT2D eigenvalue weighted by atomic mass is 19.4. The van der Waals surface area contributed by atoms with Crippen molar-refractivity contribution in [3.8, 4) is 5.69 Å². The number of hydrogen-bond donors (Lipinski definition) is 2. The third kappa shape index (κ3) is 4.07. The smallest absolute Gasteiger partial charge is 0.349 e. The summed E-state index contributed by atoms with van der Waals surface area (Å²) >= 11 is 0. The number of benzene rings is 1. The summed E-state index contributed by atoms with van der Waals surface area (Å²) in [6.07, 6.45) is -4.88.